The van der Waals surface area contributed by atoms with Crippen molar-refractivity contribution in [2.75, 3.05) is 13.7 Å². The van der Waals surface area contributed by atoms with Crippen LogP contribution in [0.4, 0.5) is 0 Å². The van der Waals surface area contributed by atoms with E-state index < -0.39 is 0 Å². The highest BCUT2D eigenvalue weighted by atomic mass is 16.5. The fourth-order valence-corrected chi connectivity index (χ4v) is 1.70. The number of aliphatic hydroxyl groups is 1. The van der Waals surface area contributed by atoms with Gasteiger partial charge in [0.2, 0.25) is 0 Å². The Morgan fingerprint density at radius 3 is 2.33 bits per heavy atom. The third kappa shape index (κ3) is 4.63. The van der Waals surface area contributed by atoms with Gasteiger partial charge in [-0.15, -0.1) is 0 Å². The number of ether oxygens (including phenoxy) is 1. The first-order valence-corrected chi connectivity index (χ1v) is 5.54. The molecule has 0 aliphatic carbocycles. The van der Waals surface area contributed by atoms with Crippen LogP contribution in [0.15, 0.2) is 23.3 Å². The van der Waals surface area contributed by atoms with E-state index in [0.29, 0.717) is 5.92 Å². The second-order valence-electron chi connectivity index (χ2n) is 3.93. The Morgan fingerprint density at radius 2 is 2.00 bits per heavy atom. The lowest BCUT2D eigenvalue weighted by molar-refractivity contribution is 0.0953. The molecule has 2 atom stereocenters. The molecule has 1 N–H and O–H groups in total. The summed E-state index contributed by atoms with van der Waals surface area (Å²) in [6, 6.07) is 0. The van der Waals surface area contributed by atoms with Crippen LogP contribution in [0.2, 0.25) is 0 Å². The molecule has 0 bridgehead atoms. The van der Waals surface area contributed by atoms with Crippen molar-refractivity contribution in [3.63, 3.8) is 0 Å². The monoisotopic (exact) mass is 212 g/mol. The maximum absolute atomic E-state index is 9.01. The van der Waals surface area contributed by atoms with Crippen molar-refractivity contribution < 1.29 is 9.84 Å². The minimum atomic E-state index is 0.126. The van der Waals surface area contributed by atoms with Crippen LogP contribution in [0.3, 0.4) is 0 Å². The maximum atomic E-state index is 9.01. The number of rotatable bonds is 6. The average Bonchev–Trinajstić information content (AvgIpc) is 2.27. The number of allylic oxidation sites excluding steroid dienone is 1. The van der Waals surface area contributed by atoms with Gasteiger partial charge < -0.3 is 9.84 Å². The van der Waals surface area contributed by atoms with Crippen molar-refractivity contribution in [1.29, 1.82) is 0 Å². The van der Waals surface area contributed by atoms with Crippen LogP contribution >= 0.6 is 0 Å². The zero-order valence-corrected chi connectivity index (χ0v) is 10.6. The molecule has 0 fully saturated rings. The van der Waals surface area contributed by atoms with Gasteiger partial charge in [-0.1, -0.05) is 24.6 Å². The van der Waals surface area contributed by atoms with Crippen LogP contribution in [-0.4, -0.2) is 24.9 Å². The van der Waals surface area contributed by atoms with Crippen LogP contribution in [0.5, 0.6) is 0 Å². The average molecular weight is 212 g/mol. The molecule has 0 aromatic carbocycles. The lowest BCUT2D eigenvalue weighted by atomic mass is 9.92. The third-order valence-electron chi connectivity index (χ3n) is 2.77. The molecule has 88 valence electrons. The van der Waals surface area contributed by atoms with Crippen molar-refractivity contribution in [1.82, 2.24) is 0 Å². The topological polar surface area (TPSA) is 29.5 Å². The minimum absolute atomic E-state index is 0.126. The maximum Gasteiger partial charge on any atom is 0.0840 e. The minimum Gasteiger partial charge on any atom is -0.392 e. The van der Waals surface area contributed by atoms with Crippen molar-refractivity contribution in [3.05, 3.63) is 23.3 Å². The number of hydrogen-bond donors (Lipinski definition) is 1. The van der Waals surface area contributed by atoms with Gasteiger partial charge in [0, 0.05) is 13.0 Å². The Hall–Kier alpha value is -0.600. The van der Waals surface area contributed by atoms with Crippen LogP contribution < -0.4 is 0 Å². The molecule has 0 aromatic rings. The molecular formula is C13H24O2. The molecule has 0 aliphatic heterocycles. The smallest absolute Gasteiger partial charge is 0.0840 e. The zero-order chi connectivity index (χ0) is 11.8. The van der Waals surface area contributed by atoms with Crippen LogP contribution in [0.25, 0.3) is 0 Å². The highest BCUT2D eigenvalue weighted by molar-refractivity contribution is 5.12. The van der Waals surface area contributed by atoms with Crippen molar-refractivity contribution >= 4 is 0 Å². The molecule has 2 nitrogen and oxygen atoms in total. The van der Waals surface area contributed by atoms with Gasteiger partial charge in [0.15, 0.2) is 0 Å². The molecular weight excluding hydrogens is 188 g/mol. The van der Waals surface area contributed by atoms with Crippen molar-refractivity contribution in [2.24, 2.45) is 5.92 Å². The summed E-state index contributed by atoms with van der Waals surface area (Å²) < 4.78 is 5.51. The summed E-state index contributed by atoms with van der Waals surface area (Å²) in [4.78, 5) is 0. The van der Waals surface area contributed by atoms with E-state index in [1.807, 2.05) is 13.8 Å². The fourth-order valence-electron chi connectivity index (χ4n) is 1.70. The first kappa shape index (κ1) is 14.4. The summed E-state index contributed by atoms with van der Waals surface area (Å²) in [5.41, 5.74) is 2.25. The molecule has 0 rings (SSSR count). The standard InChI is InChI=1S/C13H24O2/c1-6-11(4)13(15-5)12(7-2)8-10(3)9-14/h6,8,12-14H,7,9H2,1-5H3. The highest BCUT2D eigenvalue weighted by Gasteiger charge is 2.18. The highest BCUT2D eigenvalue weighted by Crippen LogP contribution is 2.21. The first-order chi connectivity index (χ1) is 7.10. The summed E-state index contributed by atoms with van der Waals surface area (Å²) in [6.45, 7) is 8.32. The molecule has 0 radical (unpaired) electrons. The second kappa shape index (κ2) is 7.66. The number of methoxy groups -OCH3 is 1. The fraction of sp³-hybridized carbons (Fsp3) is 0.692. The summed E-state index contributed by atoms with van der Waals surface area (Å²) in [5.74, 6) is 0.346. The quantitative estimate of drug-likeness (QED) is 0.686. The molecule has 2 heteroatoms. The normalized spacial score (nSPS) is 17.7. The van der Waals surface area contributed by atoms with Gasteiger partial charge in [-0.25, -0.2) is 0 Å². The largest absolute Gasteiger partial charge is 0.392 e. The van der Waals surface area contributed by atoms with Gasteiger partial charge >= 0.3 is 0 Å². The molecule has 0 spiro atoms. The van der Waals surface area contributed by atoms with Crippen molar-refractivity contribution in [2.45, 2.75) is 40.2 Å². The Bertz CT molecular complexity index is 229. The molecule has 0 aromatic heterocycles. The lowest BCUT2D eigenvalue weighted by Crippen LogP contribution is -2.22. The van der Waals surface area contributed by atoms with Gasteiger partial charge in [0.05, 0.1) is 12.7 Å². The number of hydrogen-bond acceptors (Lipinski definition) is 2. The molecule has 0 saturated heterocycles. The SMILES string of the molecule is CC=C(C)C(OC)C(C=C(C)CO)CC. The van der Waals surface area contributed by atoms with E-state index in [-0.39, 0.29) is 12.7 Å². The molecule has 0 heterocycles. The molecule has 15 heavy (non-hydrogen) atoms. The summed E-state index contributed by atoms with van der Waals surface area (Å²) in [6.07, 6.45) is 5.34. The van der Waals surface area contributed by atoms with Crippen LogP contribution in [0, 0.1) is 5.92 Å². The van der Waals surface area contributed by atoms with E-state index in [9.17, 15) is 0 Å². The summed E-state index contributed by atoms with van der Waals surface area (Å²) >= 11 is 0. The Balaban J connectivity index is 4.76. The Labute approximate surface area is 93.6 Å². The van der Waals surface area contributed by atoms with E-state index in [1.54, 1.807) is 7.11 Å². The van der Waals surface area contributed by atoms with E-state index in [1.165, 1.54) is 5.57 Å². The van der Waals surface area contributed by atoms with Gasteiger partial charge in [0.1, 0.15) is 0 Å². The third-order valence-corrected chi connectivity index (χ3v) is 2.77. The Morgan fingerprint density at radius 1 is 1.40 bits per heavy atom. The van der Waals surface area contributed by atoms with E-state index in [4.69, 9.17) is 9.84 Å². The summed E-state index contributed by atoms with van der Waals surface area (Å²) in [5, 5.41) is 9.01. The molecule has 2 unspecified atom stereocenters. The lowest BCUT2D eigenvalue weighted by Gasteiger charge is -2.24. The first-order valence-electron chi connectivity index (χ1n) is 5.54. The zero-order valence-electron chi connectivity index (χ0n) is 10.6. The van der Waals surface area contributed by atoms with E-state index in [2.05, 4.69) is 26.0 Å². The molecule has 0 amide bonds. The summed E-state index contributed by atoms with van der Waals surface area (Å²) in [7, 11) is 1.74. The van der Waals surface area contributed by atoms with Crippen LogP contribution in [0.1, 0.15) is 34.1 Å². The van der Waals surface area contributed by atoms with Crippen molar-refractivity contribution in [3.8, 4) is 0 Å². The van der Waals surface area contributed by atoms with E-state index in [0.717, 1.165) is 12.0 Å². The predicted molar refractivity (Wildman–Crippen MR) is 64.9 cm³/mol. The van der Waals surface area contributed by atoms with Crippen LogP contribution in [-0.2, 0) is 4.74 Å². The van der Waals surface area contributed by atoms with Gasteiger partial charge in [-0.2, -0.15) is 0 Å². The Kier molecular flexibility index (Phi) is 7.35. The van der Waals surface area contributed by atoms with Gasteiger partial charge in [-0.3, -0.25) is 0 Å². The second-order valence-corrected chi connectivity index (χ2v) is 3.93. The predicted octanol–water partition coefficient (Wildman–Crippen LogP) is 2.93. The molecule has 0 saturated carbocycles. The van der Waals surface area contributed by atoms with Gasteiger partial charge in [0.25, 0.3) is 0 Å². The van der Waals surface area contributed by atoms with Gasteiger partial charge in [-0.05, 0) is 32.8 Å². The number of aliphatic hydroxyl groups excluding tert-OH is 1. The molecule has 0 aliphatic rings. The van der Waals surface area contributed by atoms with E-state index >= 15 is 0 Å².